The van der Waals surface area contributed by atoms with Crippen molar-refractivity contribution in [3.63, 3.8) is 0 Å². The third-order valence-electron chi connectivity index (χ3n) is 6.39. The van der Waals surface area contributed by atoms with Gasteiger partial charge in [0.15, 0.2) is 0 Å². The Morgan fingerprint density at radius 3 is 2.50 bits per heavy atom. The molecule has 2 saturated heterocycles. The molecule has 0 unspecified atom stereocenters. The average molecular weight is 353 g/mol. The lowest BCUT2D eigenvalue weighted by Gasteiger charge is -2.38. The van der Waals surface area contributed by atoms with Crippen LogP contribution in [0.15, 0.2) is 12.1 Å². The number of aryl methyl sites for hydroxylation is 3. The van der Waals surface area contributed by atoms with E-state index in [2.05, 4.69) is 43.2 Å². The number of carbonyl (C=O) groups is 2. The summed E-state index contributed by atoms with van der Waals surface area (Å²) in [7, 11) is 0. The molecule has 0 aliphatic carbocycles. The molecule has 2 aliphatic heterocycles. The van der Waals surface area contributed by atoms with Crippen molar-refractivity contribution in [3.8, 4) is 0 Å². The lowest BCUT2D eigenvalue weighted by atomic mass is 9.77. The van der Waals surface area contributed by atoms with Crippen LogP contribution in [-0.2, 0) is 16.0 Å². The molecule has 2 aromatic rings. The predicted octanol–water partition coefficient (Wildman–Crippen LogP) is 2.76. The number of hydrogen-bond donors (Lipinski definition) is 2. The molecule has 2 aliphatic rings. The van der Waals surface area contributed by atoms with Crippen molar-refractivity contribution in [1.82, 2.24) is 15.2 Å². The quantitative estimate of drug-likeness (QED) is 0.872. The molecule has 1 spiro atoms. The van der Waals surface area contributed by atoms with E-state index in [1.54, 1.807) is 0 Å². The summed E-state index contributed by atoms with van der Waals surface area (Å²) in [5.41, 5.74) is 5.88. The third kappa shape index (κ3) is 2.79. The Morgan fingerprint density at radius 2 is 1.85 bits per heavy atom. The van der Waals surface area contributed by atoms with Gasteiger partial charge in [-0.2, -0.15) is 0 Å². The number of hydrogen-bond acceptors (Lipinski definition) is 2. The first-order valence-corrected chi connectivity index (χ1v) is 9.50. The minimum atomic E-state index is 0.0816. The van der Waals surface area contributed by atoms with Crippen LogP contribution in [0.1, 0.15) is 41.6 Å². The van der Waals surface area contributed by atoms with E-state index < -0.39 is 0 Å². The summed E-state index contributed by atoms with van der Waals surface area (Å²) in [6, 6.07) is 4.26. The molecular weight excluding hydrogens is 326 g/mol. The maximum absolute atomic E-state index is 13.0. The molecule has 5 heteroatoms. The minimum absolute atomic E-state index is 0.0816. The first kappa shape index (κ1) is 17.1. The lowest BCUT2D eigenvalue weighted by Crippen LogP contribution is -2.44. The molecule has 0 bridgehead atoms. The Kier molecular flexibility index (Phi) is 4.05. The van der Waals surface area contributed by atoms with Gasteiger partial charge in [0.05, 0.1) is 6.42 Å². The maximum atomic E-state index is 13.0. The zero-order valence-corrected chi connectivity index (χ0v) is 15.9. The molecule has 3 heterocycles. The highest BCUT2D eigenvalue weighted by molar-refractivity contribution is 5.94. The summed E-state index contributed by atoms with van der Waals surface area (Å²) in [5.74, 6) is 0.354. The van der Waals surface area contributed by atoms with Gasteiger partial charge < -0.3 is 15.2 Å². The Labute approximate surface area is 154 Å². The first-order chi connectivity index (χ1) is 12.4. The van der Waals surface area contributed by atoms with E-state index in [1.807, 2.05) is 4.90 Å². The van der Waals surface area contributed by atoms with Gasteiger partial charge in [0.2, 0.25) is 11.8 Å². The number of benzene rings is 1. The van der Waals surface area contributed by atoms with Gasteiger partial charge in [0.1, 0.15) is 0 Å². The number of rotatable bonds is 2. The zero-order chi connectivity index (χ0) is 18.5. The smallest absolute Gasteiger partial charge is 0.227 e. The largest absolute Gasteiger partial charge is 0.358 e. The van der Waals surface area contributed by atoms with E-state index in [0.29, 0.717) is 12.8 Å². The lowest BCUT2D eigenvalue weighted by molar-refractivity contribution is -0.132. The highest BCUT2D eigenvalue weighted by atomic mass is 16.2. The number of aromatic amines is 1. The highest BCUT2D eigenvalue weighted by Gasteiger charge is 2.41. The molecule has 2 fully saturated rings. The number of nitrogens with zero attached hydrogens (tertiary/aromatic N) is 1. The van der Waals surface area contributed by atoms with Gasteiger partial charge in [-0.3, -0.25) is 9.59 Å². The van der Waals surface area contributed by atoms with Crippen molar-refractivity contribution in [2.45, 2.75) is 46.5 Å². The number of nitrogens with one attached hydrogen (secondary N) is 2. The number of likely N-dealkylation sites (tertiary alicyclic amines) is 1. The molecule has 0 atom stereocenters. The summed E-state index contributed by atoms with van der Waals surface area (Å²) in [6.45, 7) is 8.55. The molecule has 0 saturated carbocycles. The van der Waals surface area contributed by atoms with E-state index in [0.717, 1.165) is 49.2 Å². The van der Waals surface area contributed by atoms with Crippen LogP contribution in [0.4, 0.5) is 0 Å². The molecule has 1 aromatic carbocycles. The minimum Gasteiger partial charge on any atom is -0.358 e. The van der Waals surface area contributed by atoms with Crippen molar-refractivity contribution in [2.75, 3.05) is 19.6 Å². The zero-order valence-electron chi connectivity index (χ0n) is 15.9. The topological polar surface area (TPSA) is 65.2 Å². The van der Waals surface area contributed by atoms with Gasteiger partial charge in [0, 0.05) is 42.7 Å². The Balaban J connectivity index is 1.51. The third-order valence-corrected chi connectivity index (χ3v) is 6.39. The summed E-state index contributed by atoms with van der Waals surface area (Å²) in [4.78, 5) is 30.0. The monoisotopic (exact) mass is 353 g/mol. The number of amides is 2. The van der Waals surface area contributed by atoms with Gasteiger partial charge in [0.25, 0.3) is 0 Å². The Hall–Kier alpha value is -2.30. The van der Waals surface area contributed by atoms with Crippen molar-refractivity contribution in [3.05, 3.63) is 34.5 Å². The van der Waals surface area contributed by atoms with E-state index >= 15 is 0 Å². The van der Waals surface area contributed by atoms with Crippen molar-refractivity contribution >= 4 is 22.7 Å². The number of piperidine rings is 1. The Morgan fingerprint density at radius 1 is 1.15 bits per heavy atom. The van der Waals surface area contributed by atoms with Crippen LogP contribution in [0, 0.1) is 26.2 Å². The second kappa shape index (κ2) is 6.15. The molecule has 138 valence electrons. The van der Waals surface area contributed by atoms with Gasteiger partial charge in [-0.1, -0.05) is 12.1 Å². The van der Waals surface area contributed by atoms with E-state index in [-0.39, 0.29) is 17.2 Å². The Bertz CT molecular complexity index is 888. The van der Waals surface area contributed by atoms with Gasteiger partial charge in [-0.15, -0.1) is 0 Å². The summed E-state index contributed by atoms with van der Waals surface area (Å²) >= 11 is 0. The van der Waals surface area contributed by atoms with Crippen molar-refractivity contribution in [2.24, 2.45) is 5.41 Å². The fourth-order valence-corrected chi connectivity index (χ4v) is 4.63. The molecule has 2 N–H and O–H groups in total. The first-order valence-electron chi connectivity index (χ1n) is 9.50. The second-order valence-corrected chi connectivity index (χ2v) is 8.19. The van der Waals surface area contributed by atoms with Crippen LogP contribution >= 0.6 is 0 Å². The molecule has 0 radical (unpaired) electrons. The number of aromatic nitrogens is 1. The van der Waals surface area contributed by atoms with Gasteiger partial charge in [-0.05, 0) is 55.7 Å². The van der Waals surface area contributed by atoms with Crippen LogP contribution < -0.4 is 5.32 Å². The maximum Gasteiger partial charge on any atom is 0.227 e. The van der Waals surface area contributed by atoms with Crippen molar-refractivity contribution < 1.29 is 9.59 Å². The predicted molar refractivity (Wildman–Crippen MR) is 102 cm³/mol. The highest BCUT2D eigenvalue weighted by Crippen LogP contribution is 2.37. The molecule has 2 amide bonds. The standard InChI is InChI=1S/C21H27N3O2/c1-13-4-5-14(2)20-19(13)16(15(3)23-20)10-18(26)24-8-6-21(7-9-24)11-17(25)22-12-21/h4-5,23H,6-12H2,1-3H3,(H,22,25). The van der Waals surface area contributed by atoms with Crippen LogP contribution in [0.3, 0.4) is 0 Å². The van der Waals surface area contributed by atoms with E-state index in [1.165, 1.54) is 16.5 Å². The normalized spacial score (nSPS) is 19.3. The van der Waals surface area contributed by atoms with Gasteiger partial charge >= 0.3 is 0 Å². The second-order valence-electron chi connectivity index (χ2n) is 8.19. The fraction of sp³-hybridized carbons (Fsp3) is 0.524. The van der Waals surface area contributed by atoms with Crippen molar-refractivity contribution in [1.29, 1.82) is 0 Å². The van der Waals surface area contributed by atoms with Crippen LogP contribution in [-0.4, -0.2) is 41.3 Å². The van der Waals surface area contributed by atoms with E-state index in [9.17, 15) is 9.59 Å². The van der Waals surface area contributed by atoms with Crippen LogP contribution in [0.5, 0.6) is 0 Å². The summed E-state index contributed by atoms with van der Waals surface area (Å²) in [6.07, 6.45) is 2.90. The summed E-state index contributed by atoms with van der Waals surface area (Å²) in [5, 5.41) is 4.16. The molecule has 26 heavy (non-hydrogen) atoms. The number of fused-ring (bicyclic) bond motifs is 1. The fourth-order valence-electron chi connectivity index (χ4n) is 4.63. The van der Waals surface area contributed by atoms with Crippen LogP contribution in [0.25, 0.3) is 10.9 Å². The van der Waals surface area contributed by atoms with Crippen LogP contribution in [0.2, 0.25) is 0 Å². The molecule has 4 rings (SSSR count). The van der Waals surface area contributed by atoms with Gasteiger partial charge in [-0.25, -0.2) is 0 Å². The SMILES string of the molecule is Cc1[nH]c2c(C)ccc(C)c2c1CC(=O)N1CCC2(CC1)CNC(=O)C2. The average Bonchev–Trinajstić information content (AvgIpc) is 3.13. The van der Waals surface area contributed by atoms with E-state index in [4.69, 9.17) is 0 Å². The molecule has 5 nitrogen and oxygen atoms in total. The number of H-pyrrole nitrogens is 1. The molecule has 1 aromatic heterocycles. The molecular formula is C21H27N3O2. The summed E-state index contributed by atoms with van der Waals surface area (Å²) < 4.78 is 0. The number of carbonyl (C=O) groups excluding carboxylic acids is 2.